The van der Waals surface area contributed by atoms with E-state index in [9.17, 15) is 9.59 Å². The predicted octanol–water partition coefficient (Wildman–Crippen LogP) is 1.38. The van der Waals surface area contributed by atoms with Crippen LogP contribution in [0.3, 0.4) is 0 Å². The Hall–Kier alpha value is -1.91. The number of carbonyl (C=O) groups excluding carboxylic acids is 1. The normalized spacial score (nSPS) is 22.1. The molecule has 5 heteroatoms. The molecule has 1 aliphatic rings. The van der Waals surface area contributed by atoms with Crippen molar-refractivity contribution in [3.63, 3.8) is 0 Å². The molecule has 0 spiro atoms. The molecule has 2 N–H and O–H groups in total. The fourth-order valence-electron chi connectivity index (χ4n) is 2.51. The second-order valence-electron chi connectivity index (χ2n) is 4.91. The van der Waals surface area contributed by atoms with E-state index in [4.69, 9.17) is 5.11 Å². The molecule has 2 rings (SSSR count). The van der Waals surface area contributed by atoms with Gasteiger partial charge in [0.2, 0.25) is 5.91 Å². The lowest BCUT2D eigenvalue weighted by atomic mass is 10.0. The van der Waals surface area contributed by atoms with E-state index in [2.05, 4.69) is 10.3 Å². The van der Waals surface area contributed by atoms with Crippen molar-refractivity contribution in [3.8, 4) is 0 Å². The molecule has 0 bridgehead atoms. The van der Waals surface area contributed by atoms with Gasteiger partial charge in [0, 0.05) is 24.9 Å². The summed E-state index contributed by atoms with van der Waals surface area (Å²) in [6.07, 6.45) is 6.72. The van der Waals surface area contributed by atoms with E-state index < -0.39 is 11.9 Å². The maximum atomic E-state index is 11.8. The minimum absolute atomic E-state index is 0.0741. The van der Waals surface area contributed by atoms with Crippen LogP contribution in [-0.2, 0) is 16.0 Å². The van der Waals surface area contributed by atoms with E-state index in [1.165, 1.54) is 0 Å². The van der Waals surface area contributed by atoms with Gasteiger partial charge in [-0.2, -0.15) is 0 Å². The number of aromatic nitrogens is 1. The van der Waals surface area contributed by atoms with Gasteiger partial charge in [-0.05, 0) is 37.0 Å². The van der Waals surface area contributed by atoms with E-state index in [0.29, 0.717) is 19.3 Å². The summed E-state index contributed by atoms with van der Waals surface area (Å²) >= 11 is 0. The van der Waals surface area contributed by atoms with Gasteiger partial charge in [0.15, 0.2) is 0 Å². The van der Waals surface area contributed by atoms with Crippen LogP contribution in [0.25, 0.3) is 0 Å². The van der Waals surface area contributed by atoms with Crippen LogP contribution in [0.1, 0.15) is 31.2 Å². The first-order valence-corrected chi connectivity index (χ1v) is 6.58. The van der Waals surface area contributed by atoms with Crippen LogP contribution in [0.5, 0.6) is 0 Å². The van der Waals surface area contributed by atoms with E-state index in [1.54, 1.807) is 12.4 Å². The van der Waals surface area contributed by atoms with Crippen molar-refractivity contribution in [2.75, 3.05) is 0 Å². The average Bonchev–Trinajstić information content (AvgIpc) is 2.86. The summed E-state index contributed by atoms with van der Waals surface area (Å²) < 4.78 is 0. The molecule has 0 saturated heterocycles. The summed E-state index contributed by atoms with van der Waals surface area (Å²) in [5.41, 5.74) is 1.06. The third kappa shape index (κ3) is 3.77. The highest BCUT2D eigenvalue weighted by Crippen LogP contribution is 2.25. The number of hydrogen-bond donors (Lipinski definition) is 2. The quantitative estimate of drug-likeness (QED) is 0.840. The maximum Gasteiger partial charge on any atom is 0.308 e. The van der Waals surface area contributed by atoms with Crippen LogP contribution < -0.4 is 5.32 Å². The highest BCUT2D eigenvalue weighted by atomic mass is 16.4. The lowest BCUT2D eigenvalue weighted by Crippen LogP contribution is -2.40. The number of carboxylic acids is 1. The van der Waals surface area contributed by atoms with E-state index in [0.717, 1.165) is 18.4 Å². The Balaban J connectivity index is 1.80. The molecular formula is C14H18N2O3. The molecule has 1 heterocycles. The Bertz CT molecular complexity index is 447. The Morgan fingerprint density at radius 2 is 2.05 bits per heavy atom. The number of carboxylic acid groups (broad SMARTS) is 1. The Labute approximate surface area is 112 Å². The van der Waals surface area contributed by atoms with Crippen molar-refractivity contribution in [1.82, 2.24) is 10.3 Å². The zero-order valence-corrected chi connectivity index (χ0v) is 10.7. The molecule has 102 valence electrons. The molecular weight excluding hydrogens is 244 g/mol. The number of hydrogen-bond acceptors (Lipinski definition) is 3. The van der Waals surface area contributed by atoms with E-state index in [-0.39, 0.29) is 11.9 Å². The molecule has 2 atom stereocenters. The van der Waals surface area contributed by atoms with Crippen molar-refractivity contribution in [3.05, 3.63) is 30.1 Å². The second-order valence-corrected chi connectivity index (χ2v) is 4.91. The van der Waals surface area contributed by atoms with Crippen molar-refractivity contribution in [1.29, 1.82) is 0 Å². The molecule has 1 aromatic rings. The molecule has 0 aromatic carbocycles. The summed E-state index contributed by atoms with van der Waals surface area (Å²) in [6, 6.07) is 3.55. The predicted molar refractivity (Wildman–Crippen MR) is 69.5 cm³/mol. The zero-order chi connectivity index (χ0) is 13.7. The van der Waals surface area contributed by atoms with Crippen molar-refractivity contribution >= 4 is 11.9 Å². The zero-order valence-electron chi connectivity index (χ0n) is 10.7. The van der Waals surface area contributed by atoms with Gasteiger partial charge in [-0.3, -0.25) is 14.6 Å². The Morgan fingerprint density at radius 3 is 2.74 bits per heavy atom. The van der Waals surface area contributed by atoms with Gasteiger partial charge in [0.1, 0.15) is 0 Å². The third-order valence-electron chi connectivity index (χ3n) is 3.57. The molecule has 1 aromatic heterocycles. The minimum Gasteiger partial charge on any atom is -0.481 e. The topological polar surface area (TPSA) is 79.3 Å². The lowest BCUT2D eigenvalue weighted by molar-refractivity contribution is -0.142. The highest BCUT2D eigenvalue weighted by molar-refractivity contribution is 5.78. The van der Waals surface area contributed by atoms with Crippen LogP contribution in [0.15, 0.2) is 24.5 Å². The van der Waals surface area contributed by atoms with Crippen LogP contribution in [-0.4, -0.2) is 28.0 Å². The summed E-state index contributed by atoms with van der Waals surface area (Å²) in [5.74, 6) is -1.31. The van der Waals surface area contributed by atoms with Crippen molar-refractivity contribution < 1.29 is 14.7 Å². The molecule has 1 fully saturated rings. The van der Waals surface area contributed by atoms with E-state index in [1.807, 2.05) is 12.1 Å². The van der Waals surface area contributed by atoms with Crippen LogP contribution in [0.2, 0.25) is 0 Å². The number of nitrogens with one attached hydrogen (secondary N) is 1. The van der Waals surface area contributed by atoms with Gasteiger partial charge in [-0.25, -0.2) is 0 Å². The molecule has 0 aliphatic heterocycles. The monoisotopic (exact) mass is 262 g/mol. The molecule has 1 aliphatic carbocycles. The first-order valence-electron chi connectivity index (χ1n) is 6.58. The summed E-state index contributed by atoms with van der Waals surface area (Å²) in [5, 5.41) is 11.9. The first-order chi connectivity index (χ1) is 9.16. The van der Waals surface area contributed by atoms with Crippen LogP contribution in [0, 0.1) is 5.92 Å². The molecule has 19 heavy (non-hydrogen) atoms. The smallest absolute Gasteiger partial charge is 0.308 e. The summed E-state index contributed by atoms with van der Waals surface area (Å²) in [7, 11) is 0. The largest absolute Gasteiger partial charge is 0.481 e. The van der Waals surface area contributed by atoms with E-state index >= 15 is 0 Å². The molecule has 0 radical (unpaired) electrons. The third-order valence-corrected chi connectivity index (χ3v) is 3.57. The average molecular weight is 262 g/mol. The van der Waals surface area contributed by atoms with Crippen LogP contribution in [0.4, 0.5) is 0 Å². The number of nitrogens with zero attached hydrogens (tertiary/aromatic N) is 1. The summed E-state index contributed by atoms with van der Waals surface area (Å²) in [6.45, 7) is 0. The lowest BCUT2D eigenvalue weighted by Gasteiger charge is -2.17. The fraction of sp³-hybridized carbons (Fsp3) is 0.500. The molecule has 2 unspecified atom stereocenters. The van der Waals surface area contributed by atoms with Gasteiger partial charge in [-0.1, -0.05) is 6.42 Å². The number of amides is 1. The molecule has 5 nitrogen and oxygen atoms in total. The van der Waals surface area contributed by atoms with Gasteiger partial charge in [0.05, 0.1) is 5.92 Å². The van der Waals surface area contributed by atoms with Gasteiger partial charge < -0.3 is 10.4 Å². The molecule has 1 amide bonds. The van der Waals surface area contributed by atoms with Crippen molar-refractivity contribution in [2.45, 2.75) is 38.1 Å². The number of pyridine rings is 1. The van der Waals surface area contributed by atoms with Crippen molar-refractivity contribution in [2.24, 2.45) is 5.92 Å². The van der Waals surface area contributed by atoms with Crippen LogP contribution >= 0.6 is 0 Å². The van der Waals surface area contributed by atoms with Gasteiger partial charge in [-0.15, -0.1) is 0 Å². The van der Waals surface area contributed by atoms with Gasteiger partial charge in [0.25, 0.3) is 0 Å². The number of rotatable bonds is 5. The summed E-state index contributed by atoms with van der Waals surface area (Å²) in [4.78, 5) is 26.8. The van der Waals surface area contributed by atoms with Gasteiger partial charge >= 0.3 is 5.97 Å². The maximum absolute atomic E-state index is 11.8. The highest BCUT2D eigenvalue weighted by Gasteiger charge is 2.33. The second kappa shape index (κ2) is 6.31. The fourth-order valence-corrected chi connectivity index (χ4v) is 2.51. The number of aryl methyl sites for hydroxylation is 1. The first kappa shape index (κ1) is 13.5. The molecule has 1 saturated carbocycles. The number of aliphatic carboxylic acids is 1. The SMILES string of the molecule is O=C(CCc1ccncc1)NC1CCCC1C(=O)O. The Kier molecular flexibility index (Phi) is 4.49. The Morgan fingerprint density at radius 1 is 1.32 bits per heavy atom. The number of carbonyl (C=O) groups is 2. The minimum atomic E-state index is -0.808. The standard InChI is InChI=1S/C14H18N2O3/c17-13(5-4-10-6-8-15-9-7-10)16-12-3-1-2-11(12)14(18)19/h6-9,11-12H,1-5H2,(H,16,17)(H,18,19).